The molecule has 1 atom stereocenters. The molecule has 2 aromatic carbocycles. The molecule has 0 spiro atoms. The molecule has 31 heavy (non-hydrogen) atoms. The molecule has 0 aliphatic carbocycles. The van der Waals surface area contributed by atoms with Crippen LogP contribution in [0.25, 0.3) is 11.1 Å². The molecule has 0 aromatic heterocycles. The Morgan fingerprint density at radius 2 is 2.10 bits per heavy atom. The van der Waals surface area contributed by atoms with Gasteiger partial charge in [0.25, 0.3) is 5.91 Å². The fourth-order valence-electron chi connectivity index (χ4n) is 3.64. The molecule has 0 fully saturated rings. The van der Waals surface area contributed by atoms with Crippen molar-refractivity contribution in [3.8, 4) is 28.4 Å². The van der Waals surface area contributed by atoms with Crippen LogP contribution in [0.3, 0.4) is 0 Å². The maximum absolute atomic E-state index is 12.3. The van der Waals surface area contributed by atoms with E-state index in [-0.39, 0.29) is 24.3 Å². The van der Waals surface area contributed by atoms with Gasteiger partial charge in [0.1, 0.15) is 29.1 Å². The quantitative estimate of drug-likeness (QED) is 0.715. The van der Waals surface area contributed by atoms with E-state index in [9.17, 15) is 9.59 Å². The number of halogens is 1. The average Bonchev–Trinajstić information content (AvgIpc) is 3.21. The second-order valence-electron chi connectivity index (χ2n) is 7.26. The van der Waals surface area contributed by atoms with Crippen molar-refractivity contribution in [1.29, 1.82) is 0 Å². The molecule has 2 aliphatic heterocycles. The van der Waals surface area contributed by atoms with Crippen LogP contribution < -0.4 is 25.0 Å². The maximum Gasteiger partial charge on any atom is 0.267 e. The van der Waals surface area contributed by atoms with Gasteiger partial charge in [-0.2, -0.15) is 5.10 Å². The van der Waals surface area contributed by atoms with Gasteiger partial charge >= 0.3 is 0 Å². The minimum absolute atomic E-state index is 0.191. The van der Waals surface area contributed by atoms with E-state index in [1.165, 1.54) is 0 Å². The number of carbonyl (C=O) groups is 2. The number of hydrogen-bond acceptors (Lipinski definition) is 6. The number of amides is 2. The zero-order valence-corrected chi connectivity index (χ0v) is 17.9. The number of nitrogens with one attached hydrogen (secondary N) is 2. The van der Waals surface area contributed by atoms with Crippen LogP contribution in [-0.2, 0) is 16.0 Å². The number of ether oxygens (including phenoxy) is 3. The molecule has 162 valence electrons. The molecule has 4 rings (SSSR count). The van der Waals surface area contributed by atoms with Crippen molar-refractivity contribution < 1.29 is 23.8 Å². The van der Waals surface area contributed by atoms with Crippen LogP contribution in [0.15, 0.2) is 35.4 Å². The third kappa shape index (κ3) is 4.44. The Bertz CT molecular complexity index is 1070. The van der Waals surface area contributed by atoms with Crippen LogP contribution in [0.5, 0.6) is 17.2 Å². The van der Waals surface area contributed by atoms with Gasteiger partial charge in [-0.05, 0) is 35.9 Å². The van der Waals surface area contributed by atoms with Crippen molar-refractivity contribution in [3.05, 3.63) is 40.9 Å². The van der Waals surface area contributed by atoms with Crippen molar-refractivity contribution in [2.45, 2.75) is 25.4 Å². The first kappa shape index (κ1) is 21.0. The second-order valence-corrected chi connectivity index (χ2v) is 7.67. The largest absolute Gasteiger partial charge is 0.497 e. The number of methoxy groups -OCH3 is 2. The van der Waals surface area contributed by atoms with E-state index in [1.807, 2.05) is 30.3 Å². The fraction of sp³-hybridized carbons (Fsp3) is 0.318. The predicted molar refractivity (Wildman–Crippen MR) is 116 cm³/mol. The van der Waals surface area contributed by atoms with E-state index in [2.05, 4.69) is 15.8 Å². The van der Waals surface area contributed by atoms with Gasteiger partial charge in [-0.3, -0.25) is 9.59 Å². The molecule has 0 saturated heterocycles. The summed E-state index contributed by atoms with van der Waals surface area (Å²) < 4.78 is 16.8. The van der Waals surface area contributed by atoms with E-state index in [0.29, 0.717) is 47.4 Å². The summed E-state index contributed by atoms with van der Waals surface area (Å²) in [6, 6.07) is 9.43. The number of fused-ring (bicyclic) bond motifs is 1. The van der Waals surface area contributed by atoms with Gasteiger partial charge in [0, 0.05) is 30.4 Å². The molecule has 0 bridgehead atoms. The van der Waals surface area contributed by atoms with E-state index >= 15 is 0 Å². The summed E-state index contributed by atoms with van der Waals surface area (Å²) in [6.07, 6.45) is 0.918. The number of hydrogen-bond donors (Lipinski definition) is 2. The van der Waals surface area contributed by atoms with E-state index in [4.69, 9.17) is 25.8 Å². The Kier molecular flexibility index (Phi) is 5.99. The molecule has 2 aliphatic rings. The van der Waals surface area contributed by atoms with Crippen molar-refractivity contribution in [3.63, 3.8) is 0 Å². The highest BCUT2D eigenvalue weighted by Gasteiger charge is 2.28. The monoisotopic (exact) mass is 443 g/mol. The third-order valence-corrected chi connectivity index (χ3v) is 5.51. The maximum atomic E-state index is 12.3. The van der Waals surface area contributed by atoms with Gasteiger partial charge in [0.05, 0.1) is 25.8 Å². The van der Waals surface area contributed by atoms with Gasteiger partial charge in [0.2, 0.25) is 5.91 Å². The lowest BCUT2D eigenvalue weighted by atomic mass is 9.99. The van der Waals surface area contributed by atoms with Crippen LogP contribution in [0, 0.1) is 0 Å². The lowest BCUT2D eigenvalue weighted by molar-refractivity contribution is -0.121. The van der Waals surface area contributed by atoms with Gasteiger partial charge < -0.3 is 19.5 Å². The molecule has 2 N–H and O–H groups in total. The molecule has 8 nitrogen and oxygen atoms in total. The minimum atomic E-state index is -0.313. The molecular formula is C22H22ClN3O5. The Morgan fingerprint density at radius 3 is 2.81 bits per heavy atom. The highest BCUT2D eigenvalue weighted by Crippen LogP contribution is 2.42. The molecule has 2 amide bonds. The van der Waals surface area contributed by atoms with Crippen molar-refractivity contribution in [2.75, 3.05) is 20.8 Å². The Labute approximate surface area is 184 Å². The molecule has 9 heteroatoms. The summed E-state index contributed by atoms with van der Waals surface area (Å²) in [4.78, 5) is 23.4. The fourth-order valence-corrected chi connectivity index (χ4v) is 3.93. The SMILES string of the molecule is COc1ccc(OC)c(-c2cc(Cl)c3c(c2)C[C@H](CNC(=O)C2=NNC(=O)CC2)O3)c1. The summed E-state index contributed by atoms with van der Waals surface area (Å²) in [5, 5.41) is 7.11. The number of benzene rings is 2. The summed E-state index contributed by atoms with van der Waals surface area (Å²) >= 11 is 6.51. The molecule has 2 heterocycles. The zero-order valence-electron chi connectivity index (χ0n) is 17.2. The van der Waals surface area contributed by atoms with E-state index < -0.39 is 0 Å². The van der Waals surface area contributed by atoms with Crippen molar-refractivity contribution >= 4 is 29.1 Å². The van der Waals surface area contributed by atoms with Crippen LogP contribution in [-0.4, -0.2) is 44.4 Å². The van der Waals surface area contributed by atoms with E-state index in [1.54, 1.807) is 14.2 Å². The molecular weight excluding hydrogens is 422 g/mol. The minimum Gasteiger partial charge on any atom is -0.497 e. The average molecular weight is 444 g/mol. The van der Waals surface area contributed by atoms with Crippen molar-refractivity contribution in [2.24, 2.45) is 5.10 Å². The summed E-state index contributed by atoms with van der Waals surface area (Å²) in [5.74, 6) is 1.54. The summed E-state index contributed by atoms with van der Waals surface area (Å²) in [7, 11) is 3.23. The van der Waals surface area contributed by atoms with Gasteiger partial charge in [-0.25, -0.2) is 5.43 Å². The zero-order chi connectivity index (χ0) is 22.0. The smallest absolute Gasteiger partial charge is 0.267 e. The van der Waals surface area contributed by atoms with Crippen LogP contribution in [0.1, 0.15) is 18.4 Å². The van der Waals surface area contributed by atoms with Gasteiger partial charge in [0.15, 0.2) is 0 Å². The molecule has 0 saturated carbocycles. The van der Waals surface area contributed by atoms with Crippen LogP contribution in [0.2, 0.25) is 5.02 Å². The summed E-state index contributed by atoms with van der Waals surface area (Å²) in [6.45, 7) is 0.300. The lowest BCUT2D eigenvalue weighted by Crippen LogP contribution is -2.41. The lowest BCUT2D eigenvalue weighted by Gasteiger charge is -2.15. The number of hydrazone groups is 1. The summed E-state index contributed by atoms with van der Waals surface area (Å²) in [5.41, 5.74) is 5.33. The van der Waals surface area contributed by atoms with E-state index in [0.717, 1.165) is 16.7 Å². The normalized spacial score (nSPS) is 17.2. The predicted octanol–water partition coefficient (Wildman–Crippen LogP) is 2.71. The molecule has 0 unspecified atom stereocenters. The highest BCUT2D eigenvalue weighted by molar-refractivity contribution is 6.39. The van der Waals surface area contributed by atoms with Crippen LogP contribution >= 0.6 is 11.6 Å². The van der Waals surface area contributed by atoms with Gasteiger partial charge in [-0.15, -0.1) is 0 Å². The first-order valence-corrected chi connectivity index (χ1v) is 10.2. The Hall–Kier alpha value is -3.26. The Morgan fingerprint density at radius 1 is 1.26 bits per heavy atom. The second kappa shape index (κ2) is 8.85. The standard InChI is InChI=1S/C22H22ClN3O5/c1-29-14-3-5-19(30-2)16(10-14)12-7-13-8-15(31-21(13)17(23)9-12)11-24-22(28)18-4-6-20(27)26-25-18/h3,5,7,9-10,15H,4,6,8,11H2,1-2H3,(H,24,28)(H,26,27)/t15-/m1/s1. The number of nitrogens with zero attached hydrogens (tertiary/aromatic N) is 1. The topological polar surface area (TPSA) is 98.3 Å². The highest BCUT2D eigenvalue weighted by atomic mass is 35.5. The first-order valence-electron chi connectivity index (χ1n) is 9.83. The third-order valence-electron chi connectivity index (χ3n) is 5.23. The first-order chi connectivity index (χ1) is 15.0. The molecule has 0 radical (unpaired) electrons. The van der Waals surface area contributed by atoms with Crippen LogP contribution in [0.4, 0.5) is 0 Å². The van der Waals surface area contributed by atoms with Crippen molar-refractivity contribution in [1.82, 2.24) is 10.7 Å². The number of rotatable bonds is 6. The molecule has 2 aromatic rings. The number of carbonyl (C=O) groups excluding carboxylic acids is 2. The van der Waals surface area contributed by atoms with Gasteiger partial charge in [-0.1, -0.05) is 11.6 Å². The Balaban J connectivity index is 1.48.